The standard InChI is InChI=1S/C36H38N2O3/c1-23-7-10-25(11-8-23)32-34(39)33(35(32)41-40-6)26-12-17-29(18-13-26)38(31-16-9-24(2)27(21-31)22-37)30-19-14-28(15-20-30)36(3,4)5/h7-13,16-18,21,28,30H,1,14-15,19-20H2,2-6H3. The molecule has 210 valence electrons. The van der Waals surface area contributed by atoms with E-state index in [1.165, 1.54) is 20.0 Å². The van der Waals surface area contributed by atoms with Gasteiger partial charge in [-0.25, -0.2) is 0 Å². The number of nitrogens with zero attached hydrogens (tertiary/aromatic N) is 2. The van der Waals surface area contributed by atoms with Crippen LogP contribution in [0.25, 0.3) is 17.7 Å². The fourth-order valence-corrected chi connectivity index (χ4v) is 6.20. The van der Waals surface area contributed by atoms with Crippen LogP contribution in [0, 0.1) is 29.6 Å². The van der Waals surface area contributed by atoms with Gasteiger partial charge < -0.3 is 9.79 Å². The van der Waals surface area contributed by atoms with E-state index in [-0.39, 0.29) is 5.78 Å². The van der Waals surface area contributed by atoms with Gasteiger partial charge in [0.2, 0.25) is 5.78 Å². The minimum atomic E-state index is -0.0730. The molecule has 5 rings (SSSR count). The van der Waals surface area contributed by atoms with Gasteiger partial charge in [-0.1, -0.05) is 69.8 Å². The van der Waals surface area contributed by atoms with E-state index < -0.39 is 0 Å². The summed E-state index contributed by atoms with van der Waals surface area (Å²) in [5, 5.41) is 11.4. The SMILES string of the molecule is C=c1ccc(=C2C(=O)C(c3ccc(N(c4ccc(C)c(C#N)c4)C4CCC(C(C)(C)C)CC4)cc3)=C2OOC)cc1. The molecule has 0 N–H and O–H groups in total. The van der Waals surface area contributed by atoms with Gasteiger partial charge in [-0.3, -0.25) is 4.79 Å². The van der Waals surface area contributed by atoms with E-state index >= 15 is 0 Å². The summed E-state index contributed by atoms with van der Waals surface area (Å²) < 4.78 is 0. The molecule has 0 heterocycles. The maximum absolute atomic E-state index is 13.3. The second-order valence-corrected chi connectivity index (χ2v) is 12.3. The van der Waals surface area contributed by atoms with Gasteiger partial charge in [0.15, 0.2) is 5.76 Å². The number of anilines is 2. The normalized spacial score (nSPS) is 19.0. The molecule has 0 aliphatic heterocycles. The predicted octanol–water partition coefficient (Wildman–Crippen LogP) is 6.74. The highest BCUT2D eigenvalue weighted by Gasteiger charge is 2.38. The van der Waals surface area contributed by atoms with Gasteiger partial charge in [0.1, 0.15) is 0 Å². The topological polar surface area (TPSA) is 62.6 Å². The first-order chi connectivity index (χ1) is 19.6. The number of carbonyl (C=O) groups is 1. The highest BCUT2D eigenvalue weighted by Crippen LogP contribution is 2.43. The van der Waals surface area contributed by atoms with E-state index in [0.29, 0.717) is 39.8 Å². The van der Waals surface area contributed by atoms with E-state index in [9.17, 15) is 10.1 Å². The molecule has 0 saturated heterocycles. The predicted molar refractivity (Wildman–Crippen MR) is 164 cm³/mol. The molecule has 2 aliphatic carbocycles. The molecule has 0 unspecified atom stereocenters. The smallest absolute Gasteiger partial charge is 0.202 e. The maximum Gasteiger partial charge on any atom is 0.202 e. The fourth-order valence-electron chi connectivity index (χ4n) is 6.20. The third-order valence-corrected chi connectivity index (χ3v) is 8.66. The molecule has 0 bridgehead atoms. The van der Waals surface area contributed by atoms with Crippen LogP contribution in [0.1, 0.15) is 63.1 Å². The third-order valence-electron chi connectivity index (χ3n) is 8.66. The lowest BCUT2D eigenvalue weighted by Gasteiger charge is -2.42. The van der Waals surface area contributed by atoms with Crippen molar-refractivity contribution in [2.24, 2.45) is 11.3 Å². The minimum absolute atomic E-state index is 0.0730. The number of rotatable bonds is 6. The van der Waals surface area contributed by atoms with Crippen LogP contribution in [-0.4, -0.2) is 18.9 Å². The molecule has 0 aromatic heterocycles. The van der Waals surface area contributed by atoms with Crippen molar-refractivity contribution in [2.75, 3.05) is 12.0 Å². The van der Waals surface area contributed by atoms with Crippen LogP contribution in [0.3, 0.4) is 0 Å². The number of carbonyl (C=O) groups excluding carboxylic acids is 1. The Morgan fingerprint density at radius 3 is 2.12 bits per heavy atom. The highest BCUT2D eigenvalue weighted by atomic mass is 17.2. The van der Waals surface area contributed by atoms with Crippen molar-refractivity contribution in [3.05, 3.63) is 99.6 Å². The average molecular weight is 547 g/mol. The molecule has 5 nitrogen and oxygen atoms in total. The van der Waals surface area contributed by atoms with Crippen LogP contribution in [0.2, 0.25) is 0 Å². The monoisotopic (exact) mass is 546 g/mol. The maximum atomic E-state index is 13.3. The Kier molecular flexibility index (Phi) is 7.89. The Balaban J connectivity index is 1.52. The summed E-state index contributed by atoms with van der Waals surface area (Å²) in [6.07, 6.45) is 4.51. The van der Waals surface area contributed by atoms with Crippen molar-refractivity contribution >= 4 is 34.9 Å². The van der Waals surface area contributed by atoms with E-state index in [1.807, 2.05) is 55.5 Å². The molecular formula is C36H38N2O3. The largest absolute Gasteiger partial charge is 0.338 e. The summed E-state index contributed by atoms with van der Waals surface area (Å²) in [4.78, 5) is 26.2. The summed E-state index contributed by atoms with van der Waals surface area (Å²) in [6.45, 7) is 12.9. The molecule has 0 atom stereocenters. The van der Waals surface area contributed by atoms with Gasteiger partial charge in [-0.15, -0.1) is 0 Å². The summed E-state index contributed by atoms with van der Waals surface area (Å²) >= 11 is 0. The number of nitriles is 1. The minimum Gasteiger partial charge on any atom is -0.338 e. The number of Topliss-reactive ketones (excluding diaryl/α,β-unsaturated/α-hetero) is 1. The quantitative estimate of drug-likeness (QED) is 0.253. The molecule has 1 saturated carbocycles. The Bertz CT molecular complexity index is 1620. The summed E-state index contributed by atoms with van der Waals surface area (Å²) in [5.41, 5.74) is 5.81. The molecule has 0 spiro atoms. The molecule has 41 heavy (non-hydrogen) atoms. The Morgan fingerprint density at radius 1 is 0.902 bits per heavy atom. The number of benzene rings is 3. The lowest BCUT2D eigenvalue weighted by Crippen LogP contribution is -2.37. The van der Waals surface area contributed by atoms with Gasteiger partial charge in [-0.2, -0.15) is 10.1 Å². The van der Waals surface area contributed by atoms with Gasteiger partial charge in [0.05, 0.1) is 29.9 Å². The first-order valence-electron chi connectivity index (χ1n) is 14.3. The molecule has 0 radical (unpaired) electrons. The van der Waals surface area contributed by atoms with Crippen molar-refractivity contribution in [2.45, 2.75) is 59.4 Å². The second-order valence-electron chi connectivity index (χ2n) is 12.3. The number of ketones is 1. The number of hydrogen-bond acceptors (Lipinski definition) is 5. The Labute approximate surface area is 243 Å². The molecule has 3 aromatic rings. The first kappa shape index (κ1) is 28.4. The van der Waals surface area contributed by atoms with E-state index in [4.69, 9.17) is 9.78 Å². The third kappa shape index (κ3) is 5.58. The van der Waals surface area contributed by atoms with Gasteiger partial charge in [0.25, 0.3) is 0 Å². The molecule has 1 fully saturated rings. The zero-order chi connectivity index (χ0) is 29.3. The zero-order valence-corrected chi connectivity index (χ0v) is 24.7. The van der Waals surface area contributed by atoms with Crippen LogP contribution in [0.5, 0.6) is 0 Å². The van der Waals surface area contributed by atoms with Crippen molar-refractivity contribution < 1.29 is 14.6 Å². The number of aryl methyl sites for hydroxylation is 1. The van der Waals surface area contributed by atoms with Crippen LogP contribution >= 0.6 is 0 Å². The Morgan fingerprint density at radius 2 is 1.54 bits per heavy atom. The van der Waals surface area contributed by atoms with Gasteiger partial charge in [0, 0.05) is 17.4 Å². The van der Waals surface area contributed by atoms with Gasteiger partial charge >= 0.3 is 0 Å². The lowest BCUT2D eigenvalue weighted by molar-refractivity contribution is -0.232. The molecular weight excluding hydrogens is 508 g/mol. The van der Waals surface area contributed by atoms with Crippen LogP contribution in [0.4, 0.5) is 11.4 Å². The van der Waals surface area contributed by atoms with E-state index in [0.717, 1.165) is 45.8 Å². The van der Waals surface area contributed by atoms with Crippen molar-refractivity contribution in [3.63, 3.8) is 0 Å². The van der Waals surface area contributed by atoms with Crippen molar-refractivity contribution in [1.82, 2.24) is 0 Å². The highest BCUT2D eigenvalue weighted by molar-refractivity contribution is 6.51. The Hall–Kier alpha value is -4.14. The average Bonchev–Trinajstić information content (AvgIpc) is 2.96. The zero-order valence-electron chi connectivity index (χ0n) is 24.7. The van der Waals surface area contributed by atoms with E-state index in [2.05, 4.69) is 56.5 Å². The summed E-state index contributed by atoms with van der Waals surface area (Å²) in [5.74, 6) is 1.06. The molecule has 3 aromatic carbocycles. The molecule has 2 aliphatic rings. The molecule has 0 amide bonds. The number of allylic oxidation sites excluding steroid dienone is 2. The summed E-state index contributed by atoms with van der Waals surface area (Å²) in [6, 6.07) is 24.4. The van der Waals surface area contributed by atoms with Gasteiger partial charge in [-0.05, 0) is 89.8 Å². The number of hydrogen-bond donors (Lipinski definition) is 0. The lowest BCUT2D eigenvalue weighted by atomic mass is 9.71. The van der Waals surface area contributed by atoms with Crippen molar-refractivity contribution in [1.29, 1.82) is 5.26 Å². The van der Waals surface area contributed by atoms with Crippen LogP contribution < -0.4 is 15.3 Å². The van der Waals surface area contributed by atoms with Crippen molar-refractivity contribution in [3.8, 4) is 6.07 Å². The van der Waals surface area contributed by atoms with Crippen LogP contribution in [0.15, 0.2) is 72.5 Å². The van der Waals surface area contributed by atoms with Crippen LogP contribution in [-0.2, 0) is 14.6 Å². The first-order valence-corrected chi connectivity index (χ1v) is 14.3. The van der Waals surface area contributed by atoms with E-state index in [1.54, 1.807) is 0 Å². The molecule has 5 heteroatoms. The second kappa shape index (κ2) is 11.4. The summed E-state index contributed by atoms with van der Waals surface area (Å²) in [7, 11) is 1.44. The fraction of sp³-hybridized carbons (Fsp3) is 0.333.